The third kappa shape index (κ3) is 4.18. The third-order valence-electron chi connectivity index (χ3n) is 3.32. The molecule has 1 heterocycles. The van der Waals surface area contributed by atoms with Gasteiger partial charge in [0.2, 0.25) is 0 Å². The van der Waals surface area contributed by atoms with Crippen LogP contribution in [-0.4, -0.2) is 45.4 Å². The largest absolute Gasteiger partial charge is 0.523 e. The van der Waals surface area contributed by atoms with E-state index in [1.165, 1.54) is 7.11 Å². The number of hydrogen-bond acceptors (Lipinski definition) is 5. The van der Waals surface area contributed by atoms with Crippen LogP contribution in [0.2, 0.25) is 0 Å². The standard InChI is InChI=1S/C13H17F3O5S2/c1-19-10-20-11-7-8-22(9-11,12-5-3-2-4-6-12)21-23(17,18)13(14,15)16/h2-6,11H,7-10H2,1H3. The monoisotopic (exact) mass is 374 g/mol. The first-order valence-electron chi connectivity index (χ1n) is 6.67. The molecule has 1 aromatic rings. The van der Waals surface area contributed by atoms with Crippen molar-refractivity contribution in [2.24, 2.45) is 0 Å². The molecule has 0 radical (unpaired) electrons. The molecule has 0 amide bonds. The third-order valence-corrected chi connectivity index (χ3v) is 8.58. The number of ether oxygens (including phenoxy) is 2. The Balaban J connectivity index is 2.32. The maximum absolute atomic E-state index is 12.7. The van der Waals surface area contributed by atoms with Crippen LogP contribution in [-0.2, 0) is 23.2 Å². The number of alkyl halides is 3. The number of rotatable bonds is 6. The van der Waals surface area contributed by atoms with Crippen molar-refractivity contribution in [1.82, 2.24) is 0 Å². The average molecular weight is 374 g/mol. The minimum Gasteiger partial charge on any atom is -0.359 e. The van der Waals surface area contributed by atoms with E-state index in [0.717, 1.165) is 0 Å². The molecule has 0 spiro atoms. The first-order chi connectivity index (χ1) is 10.7. The highest BCUT2D eigenvalue weighted by Crippen LogP contribution is 2.63. The topological polar surface area (TPSA) is 61.8 Å². The molecule has 0 aromatic heterocycles. The highest BCUT2D eigenvalue weighted by Gasteiger charge is 2.53. The van der Waals surface area contributed by atoms with Crippen LogP contribution in [0.25, 0.3) is 0 Å². The zero-order valence-electron chi connectivity index (χ0n) is 12.3. The quantitative estimate of drug-likeness (QED) is 0.566. The average Bonchev–Trinajstić information content (AvgIpc) is 2.88. The molecular weight excluding hydrogens is 357 g/mol. The van der Waals surface area contributed by atoms with Gasteiger partial charge >= 0.3 is 15.6 Å². The Morgan fingerprint density at radius 3 is 2.48 bits per heavy atom. The van der Waals surface area contributed by atoms with Crippen molar-refractivity contribution in [3.05, 3.63) is 30.3 Å². The van der Waals surface area contributed by atoms with Crippen molar-refractivity contribution in [1.29, 1.82) is 0 Å². The Labute approximate surface area is 134 Å². The molecule has 0 bridgehead atoms. The second-order valence-electron chi connectivity index (χ2n) is 4.95. The number of benzene rings is 1. The molecule has 2 rings (SSSR count). The summed E-state index contributed by atoms with van der Waals surface area (Å²) in [7, 11) is -6.90. The van der Waals surface area contributed by atoms with Crippen molar-refractivity contribution in [3.8, 4) is 0 Å². The lowest BCUT2D eigenvalue weighted by Crippen LogP contribution is -2.28. The van der Waals surface area contributed by atoms with E-state index in [4.69, 9.17) is 13.1 Å². The van der Waals surface area contributed by atoms with Gasteiger partial charge in [0.15, 0.2) is 0 Å². The van der Waals surface area contributed by atoms with Crippen LogP contribution in [0.4, 0.5) is 13.2 Å². The number of halogens is 3. The highest BCUT2D eigenvalue weighted by molar-refractivity contribution is 8.33. The number of hydrogen-bond donors (Lipinski definition) is 0. The molecule has 1 aromatic carbocycles. The van der Waals surface area contributed by atoms with Gasteiger partial charge in [-0.05, 0) is 18.6 Å². The Morgan fingerprint density at radius 2 is 1.91 bits per heavy atom. The summed E-state index contributed by atoms with van der Waals surface area (Å²) in [5.74, 6) is 0.260. The SMILES string of the molecule is COCOC1CCS(OS(=O)(=O)C(F)(F)F)(c2ccccc2)C1. The van der Waals surface area contributed by atoms with Gasteiger partial charge in [0.1, 0.15) is 6.79 Å². The van der Waals surface area contributed by atoms with Gasteiger partial charge in [-0.3, -0.25) is 0 Å². The van der Waals surface area contributed by atoms with E-state index in [-0.39, 0.29) is 18.3 Å². The highest BCUT2D eigenvalue weighted by atomic mass is 32.3. The molecule has 23 heavy (non-hydrogen) atoms. The normalized spacial score (nSPS) is 28.4. The molecule has 1 fully saturated rings. The second kappa shape index (κ2) is 6.98. The molecule has 2 atom stereocenters. The summed E-state index contributed by atoms with van der Waals surface area (Å²) in [6, 6.07) is 8.14. The van der Waals surface area contributed by atoms with Crippen molar-refractivity contribution in [2.75, 3.05) is 25.4 Å². The van der Waals surface area contributed by atoms with Gasteiger partial charge in [-0.1, -0.05) is 28.5 Å². The Morgan fingerprint density at radius 1 is 1.26 bits per heavy atom. The molecular formula is C13H17F3O5S2. The predicted octanol–water partition coefficient (Wildman–Crippen LogP) is 3.02. The second-order valence-corrected chi connectivity index (χ2v) is 9.70. The van der Waals surface area contributed by atoms with Crippen LogP contribution >= 0.6 is 10.3 Å². The molecule has 0 N–H and O–H groups in total. The van der Waals surface area contributed by atoms with Crippen LogP contribution in [0.5, 0.6) is 0 Å². The molecule has 0 saturated carbocycles. The summed E-state index contributed by atoms with van der Waals surface area (Å²) in [6.07, 6.45) is -0.00498. The summed E-state index contributed by atoms with van der Waals surface area (Å²) in [6.45, 7) is -0.0129. The fourth-order valence-electron chi connectivity index (χ4n) is 2.28. The molecule has 2 unspecified atom stereocenters. The Kier molecular flexibility index (Phi) is 5.62. The molecule has 5 nitrogen and oxygen atoms in total. The van der Waals surface area contributed by atoms with Crippen molar-refractivity contribution in [2.45, 2.75) is 22.9 Å². The van der Waals surface area contributed by atoms with Crippen LogP contribution in [0.3, 0.4) is 0 Å². The van der Waals surface area contributed by atoms with Gasteiger partial charge in [-0.25, -0.2) is 3.63 Å². The van der Waals surface area contributed by atoms with E-state index in [9.17, 15) is 21.6 Å². The lowest BCUT2D eigenvalue weighted by molar-refractivity contribution is -0.0624. The van der Waals surface area contributed by atoms with Crippen LogP contribution < -0.4 is 0 Å². The zero-order valence-corrected chi connectivity index (χ0v) is 13.9. The summed E-state index contributed by atoms with van der Waals surface area (Å²) >= 11 is 0. The predicted molar refractivity (Wildman–Crippen MR) is 79.5 cm³/mol. The molecule has 10 heteroatoms. The van der Waals surface area contributed by atoms with Crippen molar-refractivity contribution in [3.63, 3.8) is 0 Å². The fraction of sp³-hybridized carbons (Fsp3) is 0.538. The van der Waals surface area contributed by atoms with Gasteiger partial charge in [-0.2, -0.15) is 21.6 Å². The summed E-state index contributed by atoms with van der Waals surface area (Å²) in [5.41, 5.74) is -5.45. The first-order valence-corrected chi connectivity index (χ1v) is 9.97. The summed E-state index contributed by atoms with van der Waals surface area (Å²) < 4.78 is 76.1. The van der Waals surface area contributed by atoms with Crippen molar-refractivity contribution >= 4 is 20.4 Å². The van der Waals surface area contributed by atoms with Crippen LogP contribution in [0, 0.1) is 0 Å². The molecule has 1 saturated heterocycles. The minimum absolute atomic E-state index is 0.0129. The smallest absolute Gasteiger partial charge is 0.359 e. The number of methoxy groups -OCH3 is 1. The molecule has 132 valence electrons. The summed E-state index contributed by atoms with van der Waals surface area (Å²) in [5, 5.41) is 0. The lowest BCUT2D eigenvalue weighted by Gasteiger charge is -2.34. The van der Waals surface area contributed by atoms with E-state index in [1.54, 1.807) is 30.3 Å². The van der Waals surface area contributed by atoms with Crippen LogP contribution in [0.15, 0.2) is 35.2 Å². The Hall–Kier alpha value is -0.810. The molecule has 0 aliphatic carbocycles. The Bertz CT molecular complexity index is 620. The van der Waals surface area contributed by atoms with Gasteiger partial charge in [0.05, 0.1) is 6.10 Å². The maximum atomic E-state index is 12.7. The van der Waals surface area contributed by atoms with E-state index in [2.05, 4.69) is 0 Å². The molecule has 1 aliphatic heterocycles. The van der Waals surface area contributed by atoms with E-state index in [1.807, 2.05) is 0 Å². The van der Waals surface area contributed by atoms with Crippen molar-refractivity contribution < 1.29 is 34.7 Å². The summed E-state index contributed by atoms with van der Waals surface area (Å²) in [4.78, 5) is 0.455. The van der Waals surface area contributed by atoms with Crippen LogP contribution in [0.1, 0.15) is 6.42 Å². The molecule has 1 aliphatic rings. The van der Waals surface area contributed by atoms with Gasteiger partial charge in [-0.15, -0.1) is 0 Å². The lowest BCUT2D eigenvalue weighted by atomic mass is 10.3. The first kappa shape index (κ1) is 18.5. The van der Waals surface area contributed by atoms with Gasteiger partial charge in [0.25, 0.3) is 0 Å². The van der Waals surface area contributed by atoms with Gasteiger partial charge < -0.3 is 9.47 Å². The fourth-order valence-corrected chi connectivity index (χ4v) is 7.52. The minimum atomic E-state index is -5.68. The van der Waals surface area contributed by atoms with E-state index >= 15 is 0 Å². The maximum Gasteiger partial charge on any atom is 0.523 e. The van der Waals surface area contributed by atoms with E-state index < -0.39 is 32.0 Å². The van der Waals surface area contributed by atoms with E-state index in [0.29, 0.717) is 11.3 Å². The van der Waals surface area contributed by atoms with Gasteiger partial charge in [0, 0.05) is 23.5 Å². The zero-order chi connectivity index (χ0) is 17.1.